The number of rotatable bonds is 2. The van der Waals surface area contributed by atoms with Crippen molar-refractivity contribution in [1.82, 2.24) is 14.8 Å². The molecule has 2 atom stereocenters. The zero-order valence-electron chi connectivity index (χ0n) is 16.5. The number of Topliss-reactive ketones (excluding diaryl/α,β-unsaturated/α-hetero) is 1. The van der Waals surface area contributed by atoms with Crippen LogP contribution in [0.15, 0.2) is 47.7 Å². The van der Waals surface area contributed by atoms with E-state index in [1.807, 2.05) is 11.9 Å². The van der Waals surface area contributed by atoms with Crippen LogP contribution in [0, 0.1) is 11.6 Å². The Bertz CT molecular complexity index is 1180. The van der Waals surface area contributed by atoms with Crippen LogP contribution in [-0.4, -0.2) is 46.4 Å². The monoisotopic (exact) mass is 407 g/mol. The summed E-state index contributed by atoms with van der Waals surface area (Å²) in [7, 11) is 3.67. The maximum atomic E-state index is 14.4. The Balaban J connectivity index is 1.79. The molecule has 30 heavy (non-hydrogen) atoms. The lowest BCUT2D eigenvalue weighted by molar-refractivity contribution is 0.0999. The highest BCUT2D eigenvalue weighted by atomic mass is 19.1. The summed E-state index contributed by atoms with van der Waals surface area (Å²) in [6, 6.07) is 9.09. The van der Waals surface area contributed by atoms with Crippen LogP contribution in [0.5, 0.6) is 0 Å². The van der Waals surface area contributed by atoms with Gasteiger partial charge in [0.15, 0.2) is 5.78 Å². The van der Waals surface area contributed by atoms with Gasteiger partial charge in [-0.2, -0.15) is 5.10 Å². The third kappa shape index (κ3) is 2.82. The van der Waals surface area contributed by atoms with Crippen LogP contribution in [0.2, 0.25) is 0 Å². The summed E-state index contributed by atoms with van der Waals surface area (Å²) in [5.74, 6) is -0.781. The van der Waals surface area contributed by atoms with Gasteiger partial charge in [-0.15, -0.1) is 0 Å². The van der Waals surface area contributed by atoms with Gasteiger partial charge < -0.3 is 4.90 Å². The number of nitrogens with zero attached hydrogens (tertiary/aromatic N) is 5. The van der Waals surface area contributed by atoms with Gasteiger partial charge in [-0.05, 0) is 29.8 Å². The van der Waals surface area contributed by atoms with E-state index in [2.05, 4.69) is 15.1 Å². The fourth-order valence-electron chi connectivity index (χ4n) is 4.54. The lowest BCUT2D eigenvalue weighted by atomic mass is 9.78. The first-order chi connectivity index (χ1) is 14.4. The van der Waals surface area contributed by atoms with Crippen molar-refractivity contribution in [3.8, 4) is 0 Å². The average molecular weight is 407 g/mol. The number of aliphatic imine (C=N–C) groups is 1. The molecule has 0 fully saturated rings. The molecule has 0 aliphatic carbocycles. The predicted octanol–water partition coefficient (Wildman–Crippen LogP) is 3.10. The molecule has 0 bridgehead atoms. The van der Waals surface area contributed by atoms with Gasteiger partial charge >= 0.3 is 0 Å². The lowest BCUT2D eigenvalue weighted by Crippen LogP contribution is -2.30. The standard InChI is InChI=1S/C22H19F2N5O/c1-28-10-16(12-3-5-13(23)6-4-12)20(22-26-11-27-29(22)2)21-19-15(18(30)9-25-21)7-14(24)8-17(19)28/h3-8,11,16,20H,9-10H2,1-2H3. The number of benzene rings is 2. The number of anilines is 1. The van der Waals surface area contributed by atoms with Crippen LogP contribution in [0.25, 0.3) is 0 Å². The molecule has 2 aliphatic rings. The molecule has 6 nitrogen and oxygen atoms in total. The number of aromatic nitrogens is 3. The first-order valence-corrected chi connectivity index (χ1v) is 9.66. The second-order valence-corrected chi connectivity index (χ2v) is 7.73. The first kappa shape index (κ1) is 18.6. The van der Waals surface area contributed by atoms with E-state index in [-0.39, 0.29) is 30.0 Å². The van der Waals surface area contributed by atoms with E-state index >= 15 is 0 Å². The van der Waals surface area contributed by atoms with Crippen molar-refractivity contribution in [3.05, 3.63) is 76.9 Å². The molecule has 5 rings (SSSR count). The minimum absolute atomic E-state index is 0.0422. The van der Waals surface area contributed by atoms with E-state index < -0.39 is 5.82 Å². The molecule has 0 N–H and O–H groups in total. The highest BCUT2D eigenvalue weighted by molar-refractivity contribution is 6.20. The number of hydrogen-bond donors (Lipinski definition) is 0. The van der Waals surface area contributed by atoms with Crippen LogP contribution in [-0.2, 0) is 7.05 Å². The maximum Gasteiger partial charge on any atom is 0.185 e. The Morgan fingerprint density at radius 2 is 1.83 bits per heavy atom. The summed E-state index contributed by atoms with van der Waals surface area (Å²) in [5, 5.41) is 4.23. The predicted molar refractivity (Wildman–Crippen MR) is 108 cm³/mol. The van der Waals surface area contributed by atoms with E-state index in [9.17, 15) is 13.6 Å². The molecule has 2 aliphatic heterocycles. The van der Waals surface area contributed by atoms with Gasteiger partial charge in [0, 0.05) is 43.4 Å². The van der Waals surface area contributed by atoms with Gasteiger partial charge in [-0.1, -0.05) is 12.1 Å². The SMILES string of the molecule is CN1CC(c2ccc(F)cc2)C(c2ncnn2C)C2=NCC(=O)c3cc(F)cc1c32. The summed E-state index contributed by atoms with van der Waals surface area (Å²) in [4.78, 5) is 23.6. The molecule has 152 valence electrons. The van der Waals surface area contributed by atoms with Gasteiger partial charge in [0.05, 0.1) is 11.6 Å². The van der Waals surface area contributed by atoms with E-state index in [1.54, 1.807) is 23.9 Å². The van der Waals surface area contributed by atoms with Gasteiger partial charge in [0.25, 0.3) is 0 Å². The van der Waals surface area contributed by atoms with Crippen molar-refractivity contribution in [2.45, 2.75) is 11.8 Å². The Kier molecular flexibility index (Phi) is 4.23. The van der Waals surface area contributed by atoms with Crippen LogP contribution < -0.4 is 4.90 Å². The molecule has 8 heteroatoms. The zero-order valence-corrected chi connectivity index (χ0v) is 16.5. The summed E-state index contributed by atoms with van der Waals surface area (Å²) in [6.45, 7) is 0.464. The Morgan fingerprint density at radius 1 is 1.07 bits per heavy atom. The molecule has 2 unspecified atom stereocenters. The molecule has 1 aromatic heterocycles. The lowest BCUT2D eigenvalue weighted by Gasteiger charge is -2.28. The van der Waals surface area contributed by atoms with Crippen LogP contribution in [0.1, 0.15) is 39.1 Å². The minimum Gasteiger partial charge on any atom is -0.373 e. The second-order valence-electron chi connectivity index (χ2n) is 7.73. The minimum atomic E-state index is -0.458. The van der Waals surface area contributed by atoms with E-state index in [0.29, 0.717) is 34.9 Å². The smallest absolute Gasteiger partial charge is 0.185 e. The normalized spacial score (nSPS) is 20.6. The molecular weight excluding hydrogens is 388 g/mol. The molecule has 0 spiro atoms. The largest absolute Gasteiger partial charge is 0.373 e. The number of hydrogen-bond acceptors (Lipinski definition) is 5. The Labute approximate surface area is 171 Å². The van der Waals surface area contributed by atoms with Crippen molar-refractivity contribution < 1.29 is 13.6 Å². The molecule has 0 amide bonds. The number of ketones is 1. The summed E-state index contributed by atoms with van der Waals surface area (Å²) in [6.07, 6.45) is 1.48. The Morgan fingerprint density at radius 3 is 2.53 bits per heavy atom. The third-order valence-corrected chi connectivity index (χ3v) is 5.93. The molecule has 3 heterocycles. The average Bonchev–Trinajstić information content (AvgIpc) is 3.10. The zero-order chi connectivity index (χ0) is 21.0. The Hall–Kier alpha value is -3.42. The van der Waals surface area contributed by atoms with Crippen molar-refractivity contribution >= 4 is 17.2 Å². The van der Waals surface area contributed by atoms with Gasteiger partial charge in [-0.3, -0.25) is 14.5 Å². The number of carbonyl (C=O) groups is 1. The van der Waals surface area contributed by atoms with Crippen molar-refractivity contribution in [1.29, 1.82) is 0 Å². The van der Waals surface area contributed by atoms with E-state index in [1.165, 1.54) is 30.6 Å². The summed E-state index contributed by atoms with van der Waals surface area (Å²) >= 11 is 0. The highest BCUT2D eigenvalue weighted by Gasteiger charge is 2.41. The topological polar surface area (TPSA) is 63.4 Å². The van der Waals surface area contributed by atoms with Gasteiger partial charge in [-0.25, -0.2) is 13.8 Å². The van der Waals surface area contributed by atoms with Crippen LogP contribution in [0.3, 0.4) is 0 Å². The number of aryl methyl sites for hydroxylation is 1. The van der Waals surface area contributed by atoms with E-state index in [0.717, 1.165) is 5.56 Å². The summed E-state index contributed by atoms with van der Waals surface area (Å²) in [5.41, 5.74) is 3.20. The number of halogens is 2. The van der Waals surface area contributed by atoms with Gasteiger partial charge in [0.1, 0.15) is 30.3 Å². The first-order valence-electron chi connectivity index (χ1n) is 9.66. The second kappa shape index (κ2) is 6.83. The third-order valence-electron chi connectivity index (χ3n) is 5.93. The van der Waals surface area contributed by atoms with Crippen molar-refractivity contribution in [3.63, 3.8) is 0 Å². The molecule has 3 aromatic rings. The molecular formula is C22H19F2N5O. The summed E-state index contributed by atoms with van der Waals surface area (Å²) < 4.78 is 29.7. The molecule has 0 saturated heterocycles. The molecule has 0 saturated carbocycles. The maximum absolute atomic E-state index is 14.4. The van der Waals surface area contributed by atoms with Crippen molar-refractivity contribution in [2.24, 2.45) is 12.0 Å². The number of carbonyl (C=O) groups excluding carboxylic acids is 1. The van der Waals surface area contributed by atoms with Crippen LogP contribution in [0.4, 0.5) is 14.5 Å². The fraction of sp³-hybridized carbons (Fsp3) is 0.273. The van der Waals surface area contributed by atoms with Crippen molar-refractivity contribution in [2.75, 3.05) is 25.0 Å². The van der Waals surface area contributed by atoms with Gasteiger partial charge in [0.2, 0.25) is 0 Å². The fourth-order valence-corrected chi connectivity index (χ4v) is 4.54. The number of likely N-dealkylation sites (N-methyl/N-ethyl adjacent to an activating group) is 1. The quantitative estimate of drug-likeness (QED) is 0.655. The van der Waals surface area contributed by atoms with E-state index in [4.69, 9.17) is 0 Å². The molecule has 0 radical (unpaired) electrons. The highest BCUT2D eigenvalue weighted by Crippen LogP contribution is 2.44. The van der Waals surface area contributed by atoms with Crippen LogP contribution >= 0.6 is 0 Å². The molecule has 2 aromatic carbocycles.